The summed E-state index contributed by atoms with van der Waals surface area (Å²) in [6.07, 6.45) is 0.389. The zero-order valence-electron chi connectivity index (χ0n) is 14.3. The first kappa shape index (κ1) is 19.7. The van der Waals surface area contributed by atoms with Crippen LogP contribution in [0.4, 0.5) is 0 Å². The van der Waals surface area contributed by atoms with Crippen LogP contribution >= 0.6 is 0 Å². The zero-order valence-corrected chi connectivity index (χ0v) is 14.3. The summed E-state index contributed by atoms with van der Waals surface area (Å²) in [7, 11) is 1.52. The summed E-state index contributed by atoms with van der Waals surface area (Å²) in [4.78, 5) is 36.1. The molecule has 0 aliphatic rings. The molecule has 0 fully saturated rings. The molecule has 0 spiro atoms. The Morgan fingerprint density at radius 1 is 1.25 bits per heavy atom. The second kappa shape index (κ2) is 9.71. The minimum Gasteiger partial charge on any atom is -0.459 e. The monoisotopic (exact) mass is 340 g/mol. The Morgan fingerprint density at radius 3 is 2.50 bits per heavy atom. The van der Waals surface area contributed by atoms with Gasteiger partial charge in [-0.3, -0.25) is 9.59 Å². The highest BCUT2D eigenvalue weighted by Crippen LogP contribution is 2.08. The van der Waals surface area contributed by atoms with Crippen molar-refractivity contribution in [3.63, 3.8) is 0 Å². The molecule has 0 unspecified atom stereocenters. The number of nitrogens with one attached hydrogen (secondary N) is 2. The summed E-state index contributed by atoms with van der Waals surface area (Å²) in [5.41, 5.74) is 0. The molecule has 2 atom stereocenters. The molecule has 0 aromatic carbocycles. The summed E-state index contributed by atoms with van der Waals surface area (Å²) < 4.78 is 15.0. The lowest BCUT2D eigenvalue weighted by Crippen LogP contribution is -2.47. The van der Waals surface area contributed by atoms with Crippen LogP contribution in [-0.4, -0.2) is 50.2 Å². The van der Waals surface area contributed by atoms with Crippen molar-refractivity contribution < 1.29 is 28.3 Å². The molecule has 2 N–H and O–H groups in total. The van der Waals surface area contributed by atoms with E-state index in [1.54, 1.807) is 19.9 Å². The van der Waals surface area contributed by atoms with E-state index < -0.39 is 29.9 Å². The molecule has 0 radical (unpaired) electrons. The maximum atomic E-state index is 12.3. The fourth-order valence-corrected chi connectivity index (χ4v) is 1.84. The molecular weight excluding hydrogens is 316 g/mol. The number of carbonyl (C=O) groups is 3. The lowest BCUT2D eigenvalue weighted by molar-refractivity contribution is -0.157. The molecule has 1 aromatic heterocycles. The van der Waals surface area contributed by atoms with Gasteiger partial charge in [-0.1, -0.05) is 13.8 Å². The topological polar surface area (TPSA) is 107 Å². The van der Waals surface area contributed by atoms with E-state index in [0.29, 0.717) is 13.2 Å². The van der Waals surface area contributed by atoms with E-state index in [1.807, 2.05) is 0 Å². The number of ether oxygens (including phenoxy) is 2. The molecule has 1 rings (SSSR count). The van der Waals surface area contributed by atoms with Crippen LogP contribution in [0.1, 0.15) is 31.3 Å². The normalized spacial score (nSPS) is 13.2. The number of hydrogen-bond acceptors (Lipinski definition) is 6. The SMILES string of the molecule is COCCNC(=O)[C@H](C)OC(=O)[C@@H](NC(=O)c1ccco1)C(C)C. The fourth-order valence-electron chi connectivity index (χ4n) is 1.84. The van der Waals surface area contributed by atoms with Crippen molar-refractivity contribution in [2.75, 3.05) is 20.3 Å². The third kappa shape index (κ3) is 6.04. The third-order valence-electron chi connectivity index (χ3n) is 3.22. The van der Waals surface area contributed by atoms with Crippen LogP contribution in [0, 0.1) is 5.92 Å². The van der Waals surface area contributed by atoms with Crippen LogP contribution in [0.3, 0.4) is 0 Å². The first-order chi connectivity index (χ1) is 11.4. The number of hydrogen-bond donors (Lipinski definition) is 2. The standard InChI is InChI=1S/C16H24N2O6/c1-10(2)13(18-15(20)12-6-5-8-23-12)16(21)24-11(3)14(19)17-7-9-22-4/h5-6,8,10-11,13H,7,9H2,1-4H3,(H,17,19)(H,18,20)/t11-,13-/m0/s1. The molecule has 8 nitrogen and oxygen atoms in total. The van der Waals surface area contributed by atoms with Gasteiger partial charge in [-0.05, 0) is 25.0 Å². The number of methoxy groups -OCH3 is 1. The van der Waals surface area contributed by atoms with Gasteiger partial charge in [0, 0.05) is 13.7 Å². The number of amides is 2. The molecule has 0 saturated carbocycles. The van der Waals surface area contributed by atoms with Gasteiger partial charge in [0.25, 0.3) is 11.8 Å². The van der Waals surface area contributed by atoms with Crippen molar-refractivity contribution in [3.05, 3.63) is 24.2 Å². The molecule has 134 valence electrons. The maximum absolute atomic E-state index is 12.3. The Morgan fingerprint density at radius 2 is 1.96 bits per heavy atom. The van der Waals surface area contributed by atoms with Gasteiger partial charge in [-0.15, -0.1) is 0 Å². The molecule has 2 amide bonds. The minimum atomic E-state index is -0.976. The van der Waals surface area contributed by atoms with Gasteiger partial charge in [0.1, 0.15) is 6.04 Å². The van der Waals surface area contributed by atoms with Gasteiger partial charge in [-0.25, -0.2) is 4.79 Å². The molecule has 0 saturated heterocycles. The van der Waals surface area contributed by atoms with Crippen molar-refractivity contribution >= 4 is 17.8 Å². The van der Waals surface area contributed by atoms with E-state index >= 15 is 0 Å². The average Bonchev–Trinajstić information content (AvgIpc) is 3.06. The summed E-state index contributed by atoms with van der Waals surface area (Å²) in [6, 6.07) is 2.17. The lowest BCUT2D eigenvalue weighted by Gasteiger charge is -2.22. The second-order valence-electron chi connectivity index (χ2n) is 5.54. The smallest absolute Gasteiger partial charge is 0.329 e. The van der Waals surface area contributed by atoms with E-state index in [0.717, 1.165) is 0 Å². The van der Waals surface area contributed by atoms with Crippen molar-refractivity contribution in [2.45, 2.75) is 32.9 Å². The summed E-state index contributed by atoms with van der Waals surface area (Å²) in [5.74, 6) is -1.76. The second-order valence-corrected chi connectivity index (χ2v) is 5.54. The van der Waals surface area contributed by atoms with Crippen molar-refractivity contribution in [1.29, 1.82) is 0 Å². The third-order valence-corrected chi connectivity index (χ3v) is 3.22. The zero-order chi connectivity index (χ0) is 18.1. The fraction of sp³-hybridized carbons (Fsp3) is 0.562. The van der Waals surface area contributed by atoms with Gasteiger partial charge in [-0.2, -0.15) is 0 Å². The van der Waals surface area contributed by atoms with Gasteiger partial charge in [0.15, 0.2) is 11.9 Å². The summed E-state index contributed by atoms with van der Waals surface area (Å²) >= 11 is 0. The highest BCUT2D eigenvalue weighted by molar-refractivity contribution is 5.95. The van der Waals surface area contributed by atoms with Gasteiger partial charge >= 0.3 is 5.97 Å². The molecule has 24 heavy (non-hydrogen) atoms. The van der Waals surface area contributed by atoms with E-state index in [9.17, 15) is 14.4 Å². The van der Waals surface area contributed by atoms with Crippen LogP contribution in [-0.2, 0) is 19.1 Å². The summed E-state index contributed by atoms with van der Waals surface area (Å²) in [6.45, 7) is 5.67. The van der Waals surface area contributed by atoms with Crippen LogP contribution in [0.15, 0.2) is 22.8 Å². The molecular formula is C16H24N2O6. The first-order valence-electron chi connectivity index (χ1n) is 7.68. The Bertz CT molecular complexity index is 541. The van der Waals surface area contributed by atoms with Crippen LogP contribution in [0.2, 0.25) is 0 Å². The maximum Gasteiger partial charge on any atom is 0.329 e. The quantitative estimate of drug-likeness (QED) is 0.507. The number of carbonyl (C=O) groups excluding carboxylic acids is 3. The Kier molecular flexibility index (Phi) is 7.97. The number of esters is 1. The van der Waals surface area contributed by atoms with Gasteiger partial charge in [0.05, 0.1) is 12.9 Å². The van der Waals surface area contributed by atoms with E-state index in [1.165, 1.54) is 26.4 Å². The van der Waals surface area contributed by atoms with Gasteiger partial charge < -0.3 is 24.5 Å². The van der Waals surface area contributed by atoms with Crippen LogP contribution in [0.5, 0.6) is 0 Å². The first-order valence-corrected chi connectivity index (χ1v) is 7.68. The lowest BCUT2D eigenvalue weighted by atomic mass is 10.0. The van der Waals surface area contributed by atoms with Crippen molar-refractivity contribution in [3.8, 4) is 0 Å². The van der Waals surface area contributed by atoms with Crippen LogP contribution in [0.25, 0.3) is 0 Å². The molecule has 1 heterocycles. The van der Waals surface area contributed by atoms with Crippen molar-refractivity contribution in [2.24, 2.45) is 5.92 Å². The predicted molar refractivity (Wildman–Crippen MR) is 85.2 cm³/mol. The molecule has 8 heteroatoms. The molecule has 0 aliphatic carbocycles. The highest BCUT2D eigenvalue weighted by atomic mass is 16.5. The predicted octanol–water partition coefficient (Wildman–Crippen LogP) is 0.728. The van der Waals surface area contributed by atoms with Crippen LogP contribution < -0.4 is 10.6 Å². The molecule has 1 aromatic rings. The largest absolute Gasteiger partial charge is 0.459 e. The summed E-state index contributed by atoms with van der Waals surface area (Å²) in [5, 5.41) is 5.13. The Labute approximate surface area is 140 Å². The van der Waals surface area contributed by atoms with E-state index in [2.05, 4.69) is 10.6 Å². The number of rotatable bonds is 9. The molecule has 0 aliphatic heterocycles. The minimum absolute atomic E-state index is 0.0961. The average molecular weight is 340 g/mol. The number of furan rings is 1. The Hall–Kier alpha value is -2.35. The van der Waals surface area contributed by atoms with E-state index in [4.69, 9.17) is 13.9 Å². The highest BCUT2D eigenvalue weighted by Gasteiger charge is 2.29. The van der Waals surface area contributed by atoms with Gasteiger partial charge in [0.2, 0.25) is 0 Å². The van der Waals surface area contributed by atoms with E-state index in [-0.39, 0.29) is 11.7 Å². The molecule has 0 bridgehead atoms. The Balaban J connectivity index is 2.60. The van der Waals surface area contributed by atoms with Crippen molar-refractivity contribution in [1.82, 2.24) is 10.6 Å².